The molecule has 0 radical (unpaired) electrons. The molecule has 0 aliphatic carbocycles. The monoisotopic (exact) mass is 598 g/mol. The van der Waals surface area contributed by atoms with E-state index >= 15 is 0 Å². The van der Waals surface area contributed by atoms with E-state index in [0.29, 0.717) is 22.7 Å². The second-order valence-corrected chi connectivity index (χ2v) is 11.6. The SMILES string of the molecule is O=S(=O)(Nc1nc(-c2ccc(O[C@@H]3O[C@H](CO)[C@@H](O)[C@H](O)[C@H]3O)cc2)cs1)c1ccc(N=Cc2ccncc2)cc1. The lowest BCUT2D eigenvalue weighted by atomic mass is 9.99. The fraction of sp³-hybridized carbons (Fsp3) is 0.222. The van der Waals surface area contributed by atoms with Crippen molar-refractivity contribution in [1.82, 2.24) is 9.97 Å². The van der Waals surface area contributed by atoms with Crippen molar-refractivity contribution in [2.45, 2.75) is 35.6 Å². The number of anilines is 1. The van der Waals surface area contributed by atoms with Crippen LogP contribution in [0.4, 0.5) is 10.8 Å². The number of rotatable bonds is 9. The molecule has 4 aromatic rings. The smallest absolute Gasteiger partial charge is 0.263 e. The van der Waals surface area contributed by atoms with Gasteiger partial charge in [-0.15, -0.1) is 11.3 Å². The minimum absolute atomic E-state index is 0.0619. The van der Waals surface area contributed by atoms with Gasteiger partial charge < -0.3 is 29.9 Å². The van der Waals surface area contributed by atoms with E-state index in [9.17, 15) is 28.8 Å². The lowest BCUT2D eigenvalue weighted by Gasteiger charge is -2.39. The number of aliphatic hydroxyl groups is 4. The summed E-state index contributed by atoms with van der Waals surface area (Å²) < 4.78 is 39.2. The number of nitrogens with one attached hydrogen (secondary N) is 1. The predicted octanol–water partition coefficient (Wildman–Crippen LogP) is 1.94. The maximum atomic E-state index is 12.9. The molecule has 0 bridgehead atoms. The van der Waals surface area contributed by atoms with Crippen LogP contribution in [0.1, 0.15) is 5.56 Å². The third-order valence-electron chi connectivity index (χ3n) is 6.19. The van der Waals surface area contributed by atoms with Gasteiger partial charge in [0.15, 0.2) is 5.13 Å². The minimum atomic E-state index is -3.89. The van der Waals surface area contributed by atoms with Crippen LogP contribution < -0.4 is 9.46 Å². The van der Waals surface area contributed by atoms with E-state index in [4.69, 9.17) is 9.47 Å². The number of aliphatic hydroxyl groups excluding tert-OH is 4. The molecule has 1 aliphatic heterocycles. The van der Waals surface area contributed by atoms with Crippen molar-refractivity contribution in [3.63, 3.8) is 0 Å². The van der Waals surface area contributed by atoms with Crippen LogP contribution in [0.15, 0.2) is 88.3 Å². The Balaban J connectivity index is 1.21. The topological polar surface area (TPSA) is 184 Å². The zero-order chi connectivity index (χ0) is 29.0. The molecule has 3 heterocycles. The molecule has 0 unspecified atom stereocenters. The second-order valence-electron chi connectivity index (χ2n) is 9.02. The summed E-state index contributed by atoms with van der Waals surface area (Å²) in [7, 11) is -3.89. The van der Waals surface area contributed by atoms with E-state index in [1.54, 1.807) is 72.5 Å². The van der Waals surface area contributed by atoms with E-state index in [2.05, 4.69) is 19.7 Å². The van der Waals surface area contributed by atoms with Crippen LogP contribution in [0.25, 0.3) is 11.3 Å². The van der Waals surface area contributed by atoms with Crippen LogP contribution in [0.5, 0.6) is 5.75 Å². The van der Waals surface area contributed by atoms with Crippen LogP contribution in [0.3, 0.4) is 0 Å². The average Bonchev–Trinajstić information content (AvgIpc) is 3.45. The number of pyridine rings is 1. The highest BCUT2D eigenvalue weighted by Gasteiger charge is 2.44. The van der Waals surface area contributed by atoms with Gasteiger partial charge in [0.05, 0.1) is 22.9 Å². The summed E-state index contributed by atoms with van der Waals surface area (Å²) in [5, 5.41) is 41.2. The van der Waals surface area contributed by atoms with Gasteiger partial charge in [-0.2, -0.15) is 0 Å². The Labute approximate surface area is 239 Å². The van der Waals surface area contributed by atoms with Crippen LogP contribution in [0, 0.1) is 0 Å². The molecule has 5 atom stereocenters. The molecule has 2 aromatic heterocycles. The predicted molar refractivity (Wildman–Crippen MR) is 151 cm³/mol. The number of aromatic nitrogens is 2. The van der Waals surface area contributed by atoms with Gasteiger partial charge in [-0.25, -0.2) is 13.4 Å². The summed E-state index contributed by atoms with van der Waals surface area (Å²) in [6, 6.07) is 16.3. The Hall–Kier alpha value is -3.76. The van der Waals surface area contributed by atoms with Crippen molar-refractivity contribution in [2.24, 2.45) is 4.99 Å². The van der Waals surface area contributed by atoms with Crippen LogP contribution in [-0.2, 0) is 14.8 Å². The molecule has 41 heavy (non-hydrogen) atoms. The summed E-state index contributed by atoms with van der Waals surface area (Å²) in [6.45, 7) is -0.563. The first-order chi connectivity index (χ1) is 19.7. The van der Waals surface area contributed by atoms with Gasteiger partial charge in [-0.05, 0) is 66.2 Å². The van der Waals surface area contributed by atoms with Gasteiger partial charge in [0.25, 0.3) is 10.0 Å². The van der Waals surface area contributed by atoms with Gasteiger partial charge in [0, 0.05) is 29.6 Å². The summed E-state index contributed by atoms with van der Waals surface area (Å²) in [5.41, 5.74) is 2.65. The third-order valence-corrected chi connectivity index (χ3v) is 8.43. The zero-order valence-electron chi connectivity index (χ0n) is 21.3. The first-order valence-corrected chi connectivity index (χ1v) is 14.7. The summed E-state index contributed by atoms with van der Waals surface area (Å²) in [4.78, 5) is 12.7. The van der Waals surface area contributed by atoms with Crippen molar-refractivity contribution in [3.05, 3.63) is 84.0 Å². The van der Waals surface area contributed by atoms with Crippen molar-refractivity contribution in [3.8, 4) is 17.0 Å². The van der Waals surface area contributed by atoms with E-state index in [1.165, 1.54) is 12.1 Å². The Morgan fingerprint density at radius 2 is 1.68 bits per heavy atom. The van der Waals surface area contributed by atoms with E-state index < -0.39 is 47.3 Å². The van der Waals surface area contributed by atoms with Gasteiger partial charge in [0.1, 0.15) is 30.2 Å². The van der Waals surface area contributed by atoms with E-state index in [0.717, 1.165) is 16.9 Å². The van der Waals surface area contributed by atoms with Gasteiger partial charge in [-0.1, -0.05) is 0 Å². The van der Waals surface area contributed by atoms with Crippen LogP contribution >= 0.6 is 11.3 Å². The summed E-state index contributed by atoms with van der Waals surface area (Å²) in [6.07, 6.45) is -1.98. The highest BCUT2D eigenvalue weighted by Crippen LogP contribution is 2.30. The molecule has 12 nitrogen and oxygen atoms in total. The van der Waals surface area contributed by atoms with Crippen LogP contribution in [0.2, 0.25) is 0 Å². The first-order valence-electron chi connectivity index (χ1n) is 12.3. The van der Waals surface area contributed by atoms with Crippen molar-refractivity contribution in [1.29, 1.82) is 0 Å². The average molecular weight is 599 g/mol. The fourth-order valence-electron chi connectivity index (χ4n) is 3.94. The second kappa shape index (κ2) is 12.4. The van der Waals surface area contributed by atoms with Gasteiger partial charge in [-0.3, -0.25) is 14.7 Å². The van der Waals surface area contributed by atoms with Crippen molar-refractivity contribution >= 4 is 38.4 Å². The number of benzene rings is 2. The van der Waals surface area contributed by atoms with Crippen molar-refractivity contribution in [2.75, 3.05) is 11.3 Å². The van der Waals surface area contributed by atoms with Gasteiger partial charge >= 0.3 is 0 Å². The fourth-order valence-corrected chi connectivity index (χ4v) is 5.91. The summed E-state index contributed by atoms with van der Waals surface area (Å²) >= 11 is 1.12. The molecule has 0 spiro atoms. The highest BCUT2D eigenvalue weighted by molar-refractivity contribution is 7.93. The molecule has 1 fully saturated rings. The molecule has 1 aliphatic rings. The third kappa shape index (κ3) is 6.77. The van der Waals surface area contributed by atoms with Crippen molar-refractivity contribution < 1.29 is 38.3 Å². The van der Waals surface area contributed by atoms with Crippen LogP contribution in [-0.4, -0.2) is 82.3 Å². The first kappa shape index (κ1) is 28.8. The molecular formula is C27H26N4O8S2. The Kier molecular flexibility index (Phi) is 8.70. The molecule has 2 aromatic carbocycles. The maximum absolute atomic E-state index is 12.9. The molecule has 5 rings (SSSR count). The minimum Gasteiger partial charge on any atom is -0.462 e. The molecule has 5 N–H and O–H groups in total. The molecule has 0 saturated carbocycles. The van der Waals surface area contributed by atoms with E-state index in [-0.39, 0.29) is 10.0 Å². The Morgan fingerprint density at radius 1 is 0.976 bits per heavy atom. The largest absolute Gasteiger partial charge is 0.462 e. The number of hydrogen-bond donors (Lipinski definition) is 5. The number of thiazole rings is 1. The standard InChI is InChI=1S/C27H26N4O8S2/c32-14-22-23(33)24(34)25(35)26(39-22)38-19-5-1-17(2-6-19)21-15-40-27(30-21)31-41(36,37)20-7-3-18(4-8-20)29-13-16-9-11-28-12-10-16/h1-13,15,22-26,32-35H,14H2,(H,30,31)/t22-,23-,24+,25-,26-/m1/s1. The van der Waals surface area contributed by atoms with Gasteiger partial charge in [0.2, 0.25) is 6.29 Å². The highest BCUT2D eigenvalue weighted by atomic mass is 32.2. The number of nitrogens with zero attached hydrogens (tertiary/aromatic N) is 3. The lowest BCUT2D eigenvalue weighted by Crippen LogP contribution is -2.60. The molecule has 14 heteroatoms. The molecule has 1 saturated heterocycles. The number of aliphatic imine (C=N–C) groups is 1. The normalized spacial score (nSPS) is 23.0. The quantitative estimate of drug-likeness (QED) is 0.178. The molecular weight excluding hydrogens is 572 g/mol. The molecule has 0 amide bonds. The Morgan fingerprint density at radius 3 is 2.37 bits per heavy atom. The molecule has 214 valence electrons. The Bertz CT molecular complexity index is 1580. The number of sulfonamides is 1. The van der Waals surface area contributed by atoms with E-state index in [1.807, 2.05) is 0 Å². The summed E-state index contributed by atoms with van der Waals surface area (Å²) in [5.74, 6) is 0.294. The lowest BCUT2D eigenvalue weighted by molar-refractivity contribution is -0.277. The zero-order valence-corrected chi connectivity index (χ0v) is 22.9. The number of ether oxygens (including phenoxy) is 2. The maximum Gasteiger partial charge on any atom is 0.263 e. The number of hydrogen-bond acceptors (Lipinski definition) is 12.